The maximum Gasteiger partial charge on any atom is 0.241 e. The molecule has 21 heavy (non-hydrogen) atoms. The van der Waals surface area contributed by atoms with Gasteiger partial charge in [-0.25, -0.2) is 0 Å². The quantitative estimate of drug-likeness (QED) is 0.846. The average molecular weight is 294 g/mol. The van der Waals surface area contributed by atoms with E-state index in [-0.39, 0.29) is 11.3 Å². The maximum atomic E-state index is 12.1. The van der Waals surface area contributed by atoms with E-state index in [9.17, 15) is 4.79 Å². The highest BCUT2D eigenvalue weighted by atomic mass is 16.5. The van der Waals surface area contributed by atoms with Gasteiger partial charge in [-0.15, -0.1) is 0 Å². The lowest BCUT2D eigenvalue weighted by atomic mass is 9.87. The van der Waals surface area contributed by atoms with Crippen LogP contribution in [0, 0.1) is 5.41 Å². The van der Waals surface area contributed by atoms with Crippen LogP contribution in [-0.4, -0.2) is 25.2 Å². The predicted octanol–water partition coefficient (Wildman–Crippen LogP) is 2.80. The fraction of sp³-hybridized carbons (Fsp3) is 0.562. The van der Waals surface area contributed by atoms with Crippen molar-refractivity contribution in [2.75, 3.05) is 18.5 Å². The third-order valence-electron chi connectivity index (χ3n) is 3.03. The molecule has 5 heteroatoms. The Morgan fingerprint density at radius 1 is 1.19 bits per heavy atom. The van der Waals surface area contributed by atoms with Crippen LogP contribution in [0.4, 0.5) is 5.69 Å². The van der Waals surface area contributed by atoms with Crippen molar-refractivity contribution in [1.82, 2.24) is 0 Å². The number of rotatable bonds is 6. The molecule has 0 saturated carbocycles. The van der Waals surface area contributed by atoms with Crippen LogP contribution in [0.25, 0.3) is 0 Å². The molecule has 0 aliphatic carbocycles. The van der Waals surface area contributed by atoms with Crippen LogP contribution in [-0.2, 0) is 4.79 Å². The van der Waals surface area contributed by atoms with Crippen molar-refractivity contribution in [2.45, 2.75) is 40.7 Å². The first-order valence-corrected chi connectivity index (χ1v) is 7.25. The van der Waals surface area contributed by atoms with Gasteiger partial charge in [0, 0.05) is 11.8 Å². The number of nitrogens with one attached hydrogen (secondary N) is 1. The van der Waals surface area contributed by atoms with Crippen molar-refractivity contribution in [3.63, 3.8) is 0 Å². The van der Waals surface area contributed by atoms with Crippen molar-refractivity contribution in [1.29, 1.82) is 0 Å². The molecule has 0 saturated heterocycles. The van der Waals surface area contributed by atoms with E-state index in [0.717, 1.165) is 0 Å². The molecular formula is C16H26N2O3. The lowest BCUT2D eigenvalue weighted by Gasteiger charge is -2.26. The molecule has 0 radical (unpaired) electrons. The van der Waals surface area contributed by atoms with Crippen LogP contribution in [0.3, 0.4) is 0 Å². The SMILES string of the molecule is CCOc1ccc(NC(=O)[C@H](N)C(C)(C)C)cc1OCC. The van der Waals surface area contributed by atoms with Gasteiger partial charge < -0.3 is 20.5 Å². The summed E-state index contributed by atoms with van der Waals surface area (Å²) in [4.78, 5) is 12.1. The highest BCUT2D eigenvalue weighted by molar-refractivity contribution is 5.95. The minimum Gasteiger partial charge on any atom is -0.490 e. The molecule has 0 aromatic heterocycles. The summed E-state index contributed by atoms with van der Waals surface area (Å²) in [7, 11) is 0. The van der Waals surface area contributed by atoms with E-state index in [0.29, 0.717) is 30.4 Å². The summed E-state index contributed by atoms with van der Waals surface area (Å²) in [6.07, 6.45) is 0. The van der Waals surface area contributed by atoms with Gasteiger partial charge in [-0.3, -0.25) is 4.79 Å². The fourth-order valence-electron chi connectivity index (χ4n) is 1.74. The predicted molar refractivity (Wildman–Crippen MR) is 84.8 cm³/mol. The van der Waals surface area contributed by atoms with Gasteiger partial charge in [-0.05, 0) is 31.4 Å². The molecule has 3 N–H and O–H groups in total. The molecule has 0 heterocycles. The van der Waals surface area contributed by atoms with Gasteiger partial charge >= 0.3 is 0 Å². The molecule has 118 valence electrons. The summed E-state index contributed by atoms with van der Waals surface area (Å²) in [5, 5.41) is 2.82. The van der Waals surface area contributed by atoms with Gasteiger partial charge in [0.2, 0.25) is 5.91 Å². The first-order chi connectivity index (χ1) is 9.79. The van der Waals surface area contributed by atoms with Gasteiger partial charge in [0.15, 0.2) is 11.5 Å². The fourth-order valence-corrected chi connectivity index (χ4v) is 1.74. The van der Waals surface area contributed by atoms with Crippen molar-refractivity contribution in [3.8, 4) is 11.5 Å². The van der Waals surface area contributed by atoms with E-state index in [1.54, 1.807) is 18.2 Å². The largest absolute Gasteiger partial charge is 0.490 e. The normalized spacial score (nSPS) is 12.7. The first-order valence-electron chi connectivity index (χ1n) is 7.25. The summed E-state index contributed by atoms with van der Waals surface area (Å²) in [5.41, 5.74) is 6.30. The third-order valence-corrected chi connectivity index (χ3v) is 3.03. The smallest absolute Gasteiger partial charge is 0.241 e. The number of carbonyl (C=O) groups is 1. The van der Waals surface area contributed by atoms with Crippen molar-refractivity contribution >= 4 is 11.6 Å². The zero-order valence-electron chi connectivity index (χ0n) is 13.5. The van der Waals surface area contributed by atoms with Gasteiger partial charge in [0.25, 0.3) is 0 Å². The Hall–Kier alpha value is -1.75. The van der Waals surface area contributed by atoms with Crippen LogP contribution in [0.5, 0.6) is 11.5 Å². The number of hydrogen-bond donors (Lipinski definition) is 2. The summed E-state index contributed by atoms with van der Waals surface area (Å²) in [6.45, 7) is 10.7. The Morgan fingerprint density at radius 2 is 1.76 bits per heavy atom. The highest BCUT2D eigenvalue weighted by Crippen LogP contribution is 2.31. The van der Waals surface area contributed by atoms with Gasteiger partial charge in [-0.1, -0.05) is 20.8 Å². The zero-order valence-corrected chi connectivity index (χ0v) is 13.5. The van der Waals surface area contributed by atoms with E-state index in [4.69, 9.17) is 15.2 Å². The van der Waals surface area contributed by atoms with Crippen LogP contribution >= 0.6 is 0 Å². The van der Waals surface area contributed by atoms with E-state index in [1.807, 2.05) is 34.6 Å². The van der Waals surface area contributed by atoms with Crippen molar-refractivity contribution in [3.05, 3.63) is 18.2 Å². The van der Waals surface area contributed by atoms with E-state index in [2.05, 4.69) is 5.32 Å². The zero-order chi connectivity index (χ0) is 16.0. The minimum atomic E-state index is -0.584. The molecule has 1 atom stereocenters. The number of anilines is 1. The topological polar surface area (TPSA) is 73.6 Å². The number of amides is 1. The van der Waals surface area contributed by atoms with Crippen molar-refractivity contribution < 1.29 is 14.3 Å². The molecule has 1 aromatic rings. The van der Waals surface area contributed by atoms with Gasteiger partial charge in [0.05, 0.1) is 19.3 Å². The monoisotopic (exact) mass is 294 g/mol. The number of nitrogens with two attached hydrogens (primary N) is 1. The average Bonchev–Trinajstić information content (AvgIpc) is 2.40. The molecule has 1 rings (SSSR count). The lowest BCUT2D eigenvalue weighted by Crippen LogP contribution is -2.45. The Morgan fingerprint density at radius 3 is 2.29 bits per heavy atom. The lowest BCUT2D eigenvalue weighted by molar-refractivity contribution is -0.119. The molecule has 1 amide bonds. The first kappa shape index (κ1) is 17.3. The highest BCUT2D eigenvalue weighted by Gasteiger charge is 2.27. The van der Waals surface area contributed by atoms with Crippen LogP contribution in [0.2, 0.25) is 0 Å². The Labute approximate surface area is 126 Å². The Kier molecular flexibility index (Phi) is 6.03. The molecule has 0 unspecified atom stereocenters. The molecule has 0 fully saturated rings. The number of ether oxygens (including phenoxy) is 2. The molecule has 0 spiro atoms. The number of benzene rings is 1. The second kappa shape index (κ2) is 7.31. The maximum absolute atomic E-state index is 12.1. The second-order valence-electron chi connectivity index (χ2n) is 5.86. The van der Waals surface area contributed by atoms with E-state index in [1.165, 1.54) is 0 Å². The summed E-state index contributed by atoms with van der Waals surface area (Å²) in [6, 6.07) is 4.73. The minimum absolute atomic E-state index is 0.214. The van der Waals surface area contributed by atoms with Crippen molar-refractivity contribution in [2.24, 2.45) is 11.1 Å². The molecular weight excluding hydrogens is 268 g/mol. The molecule has 0 bridgehead atoms. The number of hydrogen-bond acceptors (Lipinski definition) is 4. The van der Waals surface area contributed by atoms with E-state index >= 15 is 0 Å². The molecule has 1 aromatic carbocycles. The second-order valence-corrected chi connectivity index (χ2v) is 5.86. The van der Waals surface area contributed by atoms with Gasteiger partial charge in [0.1, 0.15) is 0 Å². The van der Waals surface area contributed by atoms with Crippen LogP contribution in [0.1, 0.15) is 34.6 Å². The third kappa shape index (κ3) is 4.93. The van der Waals surface area contributed by atoms with Gasteiger partial charge in [-0.2, -0.15) is 0 Å². The summed E-state index contributed by atoms with van der Waals surface area (Å²) < 4.78 is 11.0. The van der Waals surface area contributed by atoms with Crippen LogP contribution < -0.4 is 20.5 Å². The number of carbonyl (C=O) groups excluding carboxylic acids is 1. The summed E-state index contributed by atoms with van der Waals surface area (Å²) in [5.74, 6) is 1.06. The van der Waals surface area contributed by atoms with E-state index < -0.39 is 6.04 Å². The standard InChI is InChI=1S/C16H26N2O3/c1-6-20-12-9-8-11(10-13(12)21-7-2)18-15(19)14(17)16(3,4)5/h8-10,14H,6-7,17H2,1-5H3,(H,18,19)/t14-/m0/s1. The molecule has 5 nitrogen and oxygen atoms in total. The van der Waals surface area contributed by atoms with Crippen LogP contribution in [0.15, 0.2) is 18.2 Å². The Bertz CT molecular complexity index is 481. The molecule has 0 aliphatic rings. The summed E-state index contributed by atoms with van der Waals surface area (Å²) >= 11 is 0. The Balaban J connectivity index is 2.89. The molecule has 0 aliphatic heterocycles.